The maximum atomic E-state index is 13.8. The van der Waals surface area contributed by atoms with Gasteiger partial charge in [-0.1, -0.05) is 0 Å². The second kappa shape index (κ2) is 7.21. The summed E-state index contributed by atoms with van der Waals surface area (Å²) in [5.41, 5.74) is 0.789. The molecule has 2 heterocycles. The number of halogens is 3. The summed E-state index contributed by atoms with van der Waals surface area (Å²) in [6.07, 6.45) is 5.69. The van der Waals surface area contributed by atoms with Gasteiger partial charge >= 0.3 is 0 Å². The molecule has 0 amide bonds. The molecule has 0 bridgehead atoms. The van der Waals surface area contributed by atoms with Gasteiger partial charge in [-0.2, -0.15) is 10.1 Å². The summed E-state index contributed by atoms with van der Waals surface area (Å²) in [6, 6.07) is 1.37. The molecule has 7 nitrogen and oxygen atoms in total. The van der Waals surface area contributed by atoms with Gasteiger partial charge in [-0.05, 0) is 6.07 Å². The highest BCUT2D eigenvalue weighted by molar-refractivity contribution is 5.84. The molecule has 0 aliphatic carbocycles. The summed E-state index contributed by atoms with van der Waals surface area (Å²) in [5.74, 6) is -2.86. The molecule has 0 aliphatic rings. The van der Waals surface area contributed by atoms with Crippen LogP contribution < -0.4 is 10.6 Å². The first-order valence-corrected chi connectivity index (χ1v) is 7.46. The van der Waals surface area contributed by atoms with Crippen LogP contribution in [-0.4, -0.2) is 26.0 Å². The molecule has 26 heavy (non-hydrogen) atoms. The Labute approximate surface area is 146 Å². The molecular formula is C16H14F3N7. The molecular weight excluding hydrogens is 347 g/mol. The Kier molecular flexibility index (Phi) is 4.83. The van der Waals surface area contributed by atoms with E-state index in [1.807, 2.05) is 0 Å². The molecule has 0 spiro atoms. The van der Waals surface area contributed by atoms with Crippen LogP contribution in [0.15, 0.2) is 30.7 Å². The first-order valence-electron chi connectivity index (χ1n) is 7.46. The predicted octanol–water partition coefficient (Wildman–Crippen LogP) is 2.98. The zero-order valence-corrected chi connectivity index (χ0v) is 13.6. The fourth-order valence-electron chi connectivity index (χ4n) is 2.23. The number of aromatic nitrogens is 4. The molecule has 2 aromatic heterocycles. The van der Waals surface area contributed by atoms with Crippen molar-refractivity contribution in [3.8, 4) is 0 Å². The highest BCUT2D eigenvalue weighted by Crippen LogP contribution is 2.19. The molecule has 1 aromatic carbocycles. The van der Waals surface area contributed by atoms with E-state index in [0.29, 0.717) is 17.3 Å². The minimum atomic E-state index is -1.27. The second-order valence-corrected chi connectivity index (χ2v) is 5.38. The standard InChI is InChI=1S/C16H14F3N7/c1-26-8-12(7-23-26)24-16-22-6-10(4-20)15(25-16)21-5-9-2-11(17)3-13(18)14(9)19/h2-4,6-8,20H,5H2,1H3,(H2,21,22,24,25). The van der Waals surface area contributed by atoms with Gasteiger partial charge in [-0.25, -0.2) is 18.2 Å². The number of nitrogens with zero attached hydrogens (tertiary/aromatic N) is 4. The van der Waals surface area contributed by atoms with Crippen LogP contribution in [-0.2, 0) is 13.6 Å². The van der Waals surface area contributed by atoms with Crippen molar-refractivity contribution in [3.63, 3.8) is 0 Å². The minimum absolute atomic E-state index is 0.196. The van der Waals surface area contributed by atoms with Gasteiger partial charge in [-0.15, -0.1) is 0 Å². The zero-order valence-electron chi connectivity index (χ0n) is 13.6. The Morgan fingerprint density at radius 2 is 2.04 bits per heavy atom. The molecule has 3 aromatic rings. The van der Waals surface area contributed by atoms with Gasteiger partial charge < -0.3 is 16.0 Å². The summed E-state index contributed by atoms with van der Waals surface area (Å²) in [4.78, 5) is 8.28. The first-order chi connectivity index (χ1) is 12.5. The van der Waals surface area contributed by atoms with Crippen molar-refractivity contribution in [1.82, 2.24) is 19.7 Å². The summed E-state index contributed by atoms with van der Waals surface area (Å²) in [7, 11) is 1.75. The maximum absolute atomic E-state index is 13.8. The first kappa shape index (κ1) is 17.4. The van der Waals surface area contributed by atoms with Crippen molar-refractivity contribution in [2.75, 3.05) is 10.6 Å². The van der Waals surface area contributed by atoms with Crippen LogP contribution in [0.2, 0.25) is 0 Å². The Bertz CT molecular complexity index is 955. The molecule has 0 saturated heterocycles. The van der Waals surface area contributed by atoms with E-state index in [2.05, 4.69) is 25.7 Å². The number of hydrogen-bond donors (Lipinski definition) is 3. The van der Waals surface area contributed by atoms with Gasteiger partial charge in [0.25, 0.3) is 0 Å². The van der Waals surface area contributed by atoms with Gasteiger partial charge in [0.2, 0.25) is 5.95 Å². The molecule has 0 aliphatic heterocycles. The van der Waals surface area contributed by atoms with Crippen LogP contribution in [0.5, 0.6) is 0 Å². The van der Waals surface area contributed by atoms with Gasteiger partial charge in [0, 0.05) is 43.8 Å². The second-order valence-electron chi connectivity index (χ2n) is 5.38. The molecule has 3 rings (SSSR count). The van der Waals surface area contributed by atoms with E-state index in [4.69, 9.17) is 5.41 Å². The average molecular weight is 361 g/mol. The van der Waals surface area contributed by atoms with Crippen molar-refractivity contribution in [2.24, 2.45) is 7.05 Å². The lowest BCUT2D eigenvalue weighted by molar-refractivity contribution is 0.486. The Balaban J connectivity index is 1.82. The van der Waals surface area contributed by atoms with Crippen molar-refractivity contribution >= 4 is 23.7 Å². The lowest BCUT2D eigenvalue weighted by atomic mass is 10.2. The van der Waals surface area contributed by atoms with E-state index in [1.54, 1.807) is 24.1 Å². The minimum Gasteiger partial charge on any atom is -0.365 e. The maximum Gasteiger partial charge on any atom is 0.229 e. The van der Waals surface area contributed by atoms with E-state index >= 15 is 0 Å². The summed E-state index contributed by atoms with van der Waals surface area (Å²) >= 11 is 0. The van der Waals surface area contributed by atoms with Crippen molar-refractivity contribution in [2.45, 2.75) is 6.54 Å². The lowest BCUT2D eigenvalue weighted by Crippen LogP contribution is -2.09. The van der Waals surface area contributed by atoms with E-state index in [9.17, 15) is 13.2 Å². The van der Waals surface area contributed by atoms with Crippen molar-refractivity contribution in [1.29, 1.82) is 5.41 Å². The molecule has 3 N–H and O–H groups in total. The number of hydrogen-bond acceptors (Lipinski definition) is 6. The van der Waals surface area contributed by atoms with Crippen molar-refractivity contribution < 1.29 is 13.2 Å². The lowest BCUT2D eigenvalue weighted by Gasteiger charge is -2.11. The fourth-order valence-corrected chi connectivity index (χ4v) is 2.23. The van der Waals surface area contributed by atoms with E-state index in [0.717, 1.165) is 12.3 Å². The summed E-state index contributed by atoms with van der Waals surface area (Å²) < 4.78 is 41.9. The van der Waals surface area contributed by atoms with Crippen molar-refractivity contribution in [3.05, 3.63) is 59.3 Å². The number of benzene rings is 1. The number of aryl methyl sites for hydroxylation is 1. The SMILES string of the molecule is Cn1cc(Nc2ncc(C=N)c(NCc3cc(F)cc(F)c3F)n2)cn1. The zero-order chi connectivity index (χ0) is 18.7. The smallest absolute Gasteiger partial charge is 0.229 e. The largest absolute Gasteiger partial charge is 0.365 e. The third-order valence-corrected chi connectivity index (χ3v) is 3.45. The van der Waals surface area contributed by atoms with Gasteiger partial charge in [0.05, 0.1) is 17.4 Å². The Hall–Kier alpha value is -3.43. The fraction of sp³-hybridized carbons (Fsp3) is 0.125. The monoisotopic (exact) mass is 361 g/mol. The number of rotatable bonds is 6. The predicted molar refractivity (Wildman–Crippen MR) is 90.1 cm³/mol. The van der Waals surface area contributed by atoms with Crippen LogP contribution in [0.1, 0.15) is 11.1 Å². The molecule has 0 atom stereocenters. The van der Waals surface area contributed by atoms with E-state index in [-0.39, 0.29) is 23.9 Å². The van der Waals surface area contributed by atoms with E-state index < -0.39 is 17.5 Å². The number of anilines is 3. The molecule has 0 fully saturated rings. The van der Waals surface area contributed by atoms with Gasteiger partial charge in [-0.3, -0.25) is 4.68 Å². The summed E-state index contributed by atoms with van der Waals surface area (Å²) in [6.45, 7) is -0.218. The third kappa shape index (κ3) is 3.79. The molecule has 10 heteroatoms. The van der Waals surface area contributed by atoms with E-state index in [1.165, 1.54) is 6.20 Å². The van der Waals surface area contributed by atoms with Crippen LogP contribution >= 0.6 is 0 Å². The van der Waals surface area contributed by atoms with Crippen LogP contribution in [0, 0.1) is 22.9 Å². The molecule has 0 saturated carbocycles. The van der Waals surface area contributed by atoms with Crippen LogP contribution in [0.3, 0.4) is 0 Å². The van der Waals surface area contributed by atoms with Crippen LogP contribution in [0.25, 0.3) is 0 Å². The number of nitrogens with one attached hydrogen (secondary N) is 3. The summed E-state index contributed by atoms with van der Waals surface area (Å²) in [5, 5.41) is 17.1. The highest BCUT2D eigenvalue weighted by atomic mass is 19.2. The van der Waals surface area contributed by atoms with Gasteiger partial charge in [0.15, 0.2) is 11.6 Å². The van der Waals surface area contributed by atoms with Gasteiger partial charge in [0.1, 0.15) is 11.6 Å². The van der Waals surface area contributed by atoms with Crippen LogP contribution in [0.4, 0.5) is 30.6 Å². The molecule has 0 radical (unpaired) electrons. The highest BCUT2D eigenvalue weighted by Gasteiger charge is 2.12. The molecule has 0 unspecified atom stereocenters. The third-order valence-electron chi connectivity index (χ3n) is 3.45. The average Bonchev–Trinajstić information content (AvgIpc) is 3.01. The normalized spacial score (nSPS) is 10.6. The topological polar surface area (TPSA) is 91.5 Å². The Morgan fingerprint density at radius 3 is 2.73 bits per heavy atom. The quantitative estimate of drug-likeness (QED) is 0.464. The molecule has 134 valence electrons. The Morgan fingerprint density at radius 1 is 1.23 bits per heavy atom.